The number of rotatable bonds is 6. The molecule has 0 aliphatic heterocycles. The highest BCUT2D eigenvalue weighted by Gasteiger charge is 2.06. The van der Waals surface area contributed by atoms with Crippen molar-refractivity contribution in [3.8, 4) is 11.4 Å². The molecule has 0 fully saturated rings. The minimum atomic E-state index is -0.361. The second kappa shape index (κ2) is 8.41. The summed E-state index contributed by atoms with van der Waals surface area (Å²) in [6.45, 7) is 3.51. The summed E-state index contributed by atoms with van der Waals surface area (Å²) in [7, 11) is 0. The molecule has 0 atom stereocenters. The number of hydrogen-bond donors (Lipinski definition) is 1. The van der Waals surface area contributed by atoms with Crippen molar-refractivity contribution in [2.45, 2.75) is 13.8 Å². The van der Waals surface area contributed by atoms with Crippen LogP contribution in [0.1, 0.15) is 18.1 Å². The minimum Gasteiger partial charge on any atom is -0.483 e. The second-order valence-electron chi connectivity index (χ2n) is 5.74. The number of hydrogen-bond acceptors (Lipinski definition) is 6. The quantitative estimate of drug-likeness (QED) is 0.520. The van der Waals surface area contributed by atoms with Gasteiger partial charge >= 0.3 is 0 Å². The predicted octanol–water partition coefficient (Wildman–Crippen LogP) is 2.54. The van der Waals surface area contributed by atoms with Gasteiger partial charge < -0.3 is 4.74 Å². The standard InChI is InChI=1S/C18H17ClN6O2/c1-12-8-15(19)6-7-17(12)27-10-18(26)22-21-13(2)14-4-3-5-16(9-14)25-11-20-23-24-25/h3-9,11H,10H2,1-2H3,(H,22,26)/b21-13-. The van der Waals surface area contributed by atoms with E-state index in [0.29, 0.717) is 16.5 Å². The lowest BCUT2D eigenvalue weighted by molar-refractivity contribution is -0.123. The summed E-state index contributed by atoms with van der Waals surface area (Å²) in [6, 6.07) is 12.7. The molecule has 8 nitrogen and oxygen atoms in total. The van der Waals surface area contributed by atoms with E-state index in [4.69, 9.17) is 16.3 Å². The first kappa shape index (κ1) is 18.5. The lowest BCUT2D eigenvalue weighted by atomic mass is 10.1. The van der Waals surface area contributed by atoms with E-state index in [1.807, 2.05) is 31.2 Å². The number of aromatic nitrogens is 4. The largest absolute Gasteiger partial charge is 0.483 e. The van der Waals surface area contributed by atoms with Crippen LogP contribution >= 0.6 is 11.6 Å². The number of benzene rings is 2. The van der Waals surface area contributed by atoms with Crippen LogP contribution in [-0.2, 0) is 4.79 Å². The van der Waals surface area contributed by atoms with Crippen LogP contribution in [-0.4, -0.2) is 38.4 Å². The van der Waals surface area contributed by atoms with Gasteiger partial charge in [-0.15, -0.1) is 5.10 Å². The molecule has 0 spiro atoms. The molecule has 27 heavy (non-hydrogen) atoms. The highest BCUT2D eigenvalue weighted by molar-refractivity contribution is 6.30. The fraction of sp³-hybridized carbons (Fsp3) is 0.167. The number of carbonyl (C=O) groups is 1. The molecule has 0 radical (unpaired) electrons. The van der Waals surface area contributed by atoms with Gasteiger partial charge in [0.1, 0.15) is 12.1 Å². The molecule has 138 valence electrons. The zero-order valence-electron chi connectivity index (χ0n) is 14.8. The van der Waals surface area contributed by atoms with Gasteiger partial charge in [-0.05, 0) is 65.7 Å². The number of nitrogens with one attached hydrogen (secondary N) is 1. The van der Waals surface area contributed by atoms with E-state index in [9.17, 15) is 4.79 Å². The third kappa shape index (κ3) is 4.89. The molecule has 1 aromatic heterocycles. The van der Waals surface area contributed by atoms with Crippen molar-refractivity contribution in [2.75, 3.05) is 6.61 Å². The fourth-order valence-electron chi connectivity index (χ4n) is 2.31. The van der Waals surface area contributed by atoms with Crippen LogP contribution in [0.4, 0.5) is 0 Å². The van der Waals surface area contributed by atoms with E-state index in [-0.39, 0.29) is 12.5 Å². The number of halogens is 1. The third-order valence-electron chi connectivity index (χ3n) is 3.72. The van der Waals surface area contributed by atoms with Crippen LogP contribution in [0.15, 0.2) is 53.9 Å². The number of amides is 1. The highest BCUT2D eigenvalue weighted by atomic mass is 35.5. The molecule has 3 aromatic rings. The van der Waals surface area contributed by atoms with E-state index in [2.05, 4.69) is 26.1 Å². The normalized spacial score (nSPS) is 11.3. The Bertz CT molecular complexity index is 972. The van der Waals surface area contributed by atoms with E-state index in [1.54, 1.807) is 25.1 Å². The van der Waals surface area contributed by atoms with E-state index in [0.717, 1.165) is 16.8 Å². The molecule has 1 N–H and O–H groups in total. The van der Waals surface area contributed by atoms with Crippen molar-refractivity contribution in [3.63, 3.8) is 0 Å². The maximum atomic E-state index is 12.0. The van der Waals surface area contributed by atoms with E-state index in [1.165, 1.54) is 11.0 Å². The van der Waals surface area contributed by atoms with E-state index < -0.39 is 0 Å². The van der Waals surface area contributed by atoms with Gasteiger partial charge in [0.15, 0.2) is 6.61 Å². The maximum absolute atomic E-state index is 12.0. The summed E-state index contributed by atoms with van der Waals surface area (Å²) in [4.78, 5) is 12.0. The van der Waals surface area contributed by atoms with E-state index >= 15 is 0 Å². The van der Waals surface area contributed by atoms with Crippen molar-refractivity contribution >= 4 is 23.2 Å². The Kier molecular flexibility index (Phi) is 5.77. The average molecular weight is 385 g/mol. The van der Waals surface area contributed by atoms with Crippen LogP contribution in [0, 0.1) is 6.92 Å². The molecule has 3 rings (SSSR count). The second-order valence-corrected chi connectivity index (χ2v) is 6.17. The molecule has 2 aromatic carbocycles. The van der Waals surface area contributed by atoms with Crippen LogP contribution in [0.5, 0.6) is 5.75 Å². The van der Waals surface area contributed by atoms with Crippen LogP contribution in [0.2, 0.25) is 5.02 Å². The molecule has 1 heterocycles. The molecule has 0 aliphatic rings. The Morgan fingerprint density at radius 3 is 2.89 bits per heavy atom. The van der Waals surface area contributed by atoms with Gasteiger partial charge in [0.05, 0.1) is 11.4 Å². The molecule has 0 bridgehead atoms. The fourth-order valence-corrected chi connectivity index (χ4v) is 2.54. The summed E-state index contributed by atoms with van der Waals surface area (Å²) in [5.74, 6) is 0.240. The molecular weight excluding hydrogens is 368 g/mol. The SMILES string of the molecule is C/C(=N/NC(=O)COc1ccc(Cl)cc1C)c1cccc(-n2cnnn2)c1. The maximum Gasteiger partial charge on any atom is 0.277 e. The van der Waals surface area contributed by atoms with Gasteiger partial charge in [-0.3, -0.25) is 4.79 Å². The predicted molar refractivity (Wildman–Crippen MR) is 101 cm³/mol. The summed E-state index contributed by atoms with van der Waals surface area (Å²) >= 11 is 5.90. The summed E-state index contributed by atoms with van der Waals surface area (Å²) < 4.78 is 7.03. The number of aryl methyl sites for hydroxylation is 1. The Labute approximate surface area is 160 Å². The monoisotopic (exact) mass is 384 g/mol. The van der Waals surface area contributed by atoms with Gasteiger partial charge in [-0.2, -0.15) is 5.10 Å². The average Bonchev–Trinajstić information content (AvgIpc) is 3.20. The number of tetrazole rings is 1. The molecule has 9 heteroatoms. The Balaban J connectivity index is 1.60. The summed E-state index contributed by atoms with van der Waals surface area (Å²) in [5.41, 5.74) is 5.61. The minimum absolute atomic E-state index is 0.149. The molecule has 0 saturated carbocycles. The van der Waals surface area contributed by atoms with Gasteiger partial charge in [0, 0.05) is 5.02 Å². The molecule has 0 saturated heterocycles. The number of ether oxygens (including phenoxy) is 1. The number of hydrazone groups is 1. The highest BCUT2D eigenvalue weighted by Crippen LogP contribution is 2.21. The van der Waals surface area contributed by atoms with Crippen LogP contribution < -0.4 is 10.2 Å². The zero-order valence-corrected chi connectivity index (χ0v) is 15.5. The van der Waals surface area contributed by atoms with Crippen molar-refractivity contribution in [2.24, 2.45) is 5.10 Å². The molecule has 0 unspecified atom stereocenters. The van der Waals surface area contributed by atoms with Gasteiger partial charge in [0.2, 0.25) is 0 Å². The zero-order chi connectivity index (χ0) is 19.2. The van der Waals surface area contributed by atoms with Gasteiger partial charge in [0.25, 0.3) is 5.91 Å². The summed E-state index contributed by atoms with van der Waals surface area (Å²) in [5, 5.41) is 15.8. The number of carbonyl (C=O) groups excluding carboxylic acids is 1. The third-order valence-corrected chi connectivity index (χ3v) is 3.96. The molecule has 1 amide bonds. The Hall–Kier alpha value is -3.26. The first-order chi connectivity index (χ1) is 13.0. The van der Waals surface area contributed by atoms with Gasteiger partial charge in [-0.1, -0.05) is 23.7 Å². The van der Waals surface area contributed by atoms with Gasteiger partial charge in [-0.25, -0.2) is 10.1 Å². The van der Waals surface area contributed by atoms with Crippen molar-refractivity contribution in [1.29, 1.82) is 0 Å². The Morgan fingerprint density at radius 2 is 2.15 bits per heavy atom. The first-order valence-corrected chi connectivity index (χ1v) is 8.46. The van der Waals surface area contributed by atoms with Crippen LogP contribution in [0.3, 0.4) is 0 Å². The van der Waals surface area contributed by atoms with Crippen molar-refractivity contribution in [1.82, 2.24) is 25.6 Å². The lowest BCUT2D eigenvalue weighted by Crippen LogP contribution is -2.25. The number of nitrogens with zero attached hydrogens (tertiary/aromatic N) is 5. The van der Waals surface area contributed by atoms with Crippen LogP contribution in [0.25, 0.3) is 5.69 Å². The summed E-state index contributed by atoms with van der Waals surface area (Å²) in [6.07, 6.45) is 1.50. The molecule has 0 aliphatic carbocycles. The topological polar surface area (TPSA) is 94.3 Å². The molecular formula is C18H17ClN6O2. The van der Waals surface area contributed by atoms with Crippen molar-refractivity contribution < 1.29 is 9.53 Å². The Morgan fingerprint density at radius 1 is 1.30 bits per heavy atom. The van der Waals surface area contributed by atoms with Crippen molar-refractivity contribution in [3.05, 3.63) is 64.9 Å². The first-order valence-electron chi connectivity index (χ1n) is 8.09. The lowest BCUT2D eigenvalue weighted by Gasteiger charge is -2.09. The smallest absolute Gasteiger partial charge is 0.277 e.